The lowest BCUT2D eigenvalue weighted by atomic mass is 9.76. The molecule has 1 atom stereocenters. The quantitative estimate of drug-likeness (QED) is 0.910. The smallest absolute Gasteiger partial charge is 0.225 e. The normalized spacial score (nSPS) is 14.3. The molecule has 0 saturated heterocycles. The van der Waals surface area contributed by atoms with Crippen LogP contribution in [0.4, 0.5) is 4.39 Å². The monoisotopic (exact) mass is 262 g/mol. The second kappa shape index (κ2) is 5.40. The van der Waals surface area contributed by atoms with Gasteiger partial charge in [-0.1, -0.05) is 32.9 Å². The molecule has 0 saturated carbocycles. The highest BCUT2D eigenvalue weighted by Crippen LogP contribution is 2.29. The van der Waals surface area contributed by atoms with E-state index in [1.807, 2.05) is 20.8 Å². The van der Waals surface area contributed by atoms with Crippen LogP contribution in [0.25, 0.3) is 0 Å². The summed E-state index contributed by atoms with van der Waals surface area (Å²) < 4.78 is 12.8. The Bertz CT molecular complexity index is 496. The maximum atomic E-state index is 12.8. The molecule has 0 aromatic heterocycles. The minimum atomic E-state index is -0.940. The first-order valence-corrected chi connectivity index (χ1v) is 6.15. The van der Waals surface area contributed by atoms with Crippen molar-refractivity contribution in [1.29, 1.82) is 5.26 Å². The van der Waals surface area contributed by atoms with Gasteiger partial charge in [0.2, 0.25) is 5.91 Å². The highest BCUT2D eigenvalue weighted by atomic mass is 19.1. The summed E-state index contributed by atoms with van der Waals surface area (Å²) >= 11 is 0. The van der Waals surface area contributed by atoms with E-state index in [0.717, 1.165) is 0 Å². The number of hydrogen-bond acceptors (Lipinski definition) is 2. The van der Waals surface area contributed by atoms with Crippen LogP contribution in [0.1, 0.15) is 33.3 Å². The molecule has 19 heavy (non-hydrogen) atoms. The standard InChI is InChI=1S/C15H19FN2O/c1-14(2,3)15(4,10-17)18-13(19)9-11-5-7-12(16)8-6-11/h5-8H,9H2,1-4H3,(H,18,19)/t15-/m0/s1. The minimum absolute atomic E-state index is 0.133. The van der Waals surface area contributed by atoms with Gasteiger partial charge in [0.25, 0.3) is 0 Å². The minimum Gasteiger partial charge on any atom is -0.337 e. The first-order valence-electron chi connectivity index (χ1n) is 6.15. The Labute approximate surface area is 113 Å². The third-order valence-corrected chi connectivity index (χ3v) is 3.39. The van der Waals surface area contributed by atoms with E-state index in [0.29, 0.717) is 5.56 Å². The number of halogens is 1. The van der Waals surface area contributed by atoms with Gasteiger partial charge in [0.1, 0.15) is 11.4 Å². The topological polar surface area (TPSA) is 52.9 Å². The average molecular weight is 262 g/mol. The van der Waals surface area contributed by atoms with Crippen LogP contribution in [0, 0.1) is 22.6 Å². The molecule has 1 aromatic carbocycles. The molecule has 0 unspecified atom stereocenters. The summed E-state index contributed by atoms with van der Waals surface area (Å²) in [5.41, 5.74) is -0.599. The van der Waals surface area contributed by atoms with Crippen molar-refractivity contribution in [2.45, 2.75) is 39.7 Å². The fraction of sp³-hybridized carbons (Fsp3) is 0.467. The van der Waals surface area contributed by atoms with Crippen LogP contribution in [0.15, 0.2) is 24.3 Å². The van der Waals surface area contributed by atoms with Gasteiger partial charge in [-0.2, -0.15) is 5.26 Å². The first kappa shape index (κ1) is 15.2. The predicted molar refractivity (Wildman–Crippen MR) is 71.7 cm³/mol. The van der Waals surface area contributed by atoms with Crippen molar-refractivity contribution in [3.8, 4) is 6.07 Å². The van der Waals surface area contributed by atoms with E-state index in [2.05, 4.69) is 11.4 Å². The maximum absolute atomic E-state index is 12.8. The highest BCUT2D eigenvalue weighted by Gasteiger charge is 2.38. The van der Waals surface area contributed by atoms with E-state index >= 15 is 0 Å². The van der Waals surface area contributed by atoms with Crippen LogP contribution in [-0.2, 0) is 11.2 Å². The molecule has 0 aliphatic heterocycles. The summed E-state index contributed by atoms with van der Waals surface area (Å²) in [4.78, 5) is 12.0. The predicted octanol–water partition coefficient (Wildman–Crippen LogP) is 2.81. The second-order valence-electron chi connectivity index (χ2n) is 5.84. The van der Waals surface area contributed by atoms with Crippen LogP contribution >= 0.6 is 0 Å². The number of carbonyl (C=O) groups is 1. The zero-order chi connectivity index (χ0) is 14.7. The molecular weight excluding hydrogens is 243 g/mol. The van der Waals surface area contributed by atoms with Crippen LogP contribution < -0.4 is 5.32 Å². The van der Waals surface area contributed by atoms with Crippen molar-refractivity contribution in [1.82, 2.24) is 5.32 Å². The summed E-state index contributed by atoms with van der Waals surface area (Å²) in [5.74, 6) is -0.578. The van der Waals surface area contributed by atoms with Crippen molar-refractivity contribution in [2.24, 2.45) is 5.41 Å². The molecule has 4 heteroatoms. The molecule has 0 fully saturated rings. The van der Waals surface area contributed by atoms with Gasteiger partial charge in [-0.05, 0) is 30.0 Å². The summed E-state index contributed by atoms with van der Waals surface area (Å²) in [6.45, 7) is 7.40. The van der Waals surface area contributed by atoms with E-state index in [9.17, 15) is 14.4 Å². The van der Waals surface area contributed by atoms with Gasteiger partial charge in [0.15, 0.2) is 0 Å². The molecule has 1 rings (SSSR count). The number of nitrogens with one attached hydrogen (secondary N) is 1. The Morgan fingerprint density at radius 2 is 1.79 bits per heavy atom. The van der Waals surface area contributed by atoms with Crippen molar-refractivity contribution in [2.75, 3.05) is 0 Å². The molecule has 1 N–H and O–H groups in total. The number of amides is 1. The van der Waals surface area contributed by atoms with Crippen molar-refractivity contribution >= 4 is 5.91 Å². The molecule has 102 valence electrons. The van der Waals surface area contributed by atoms with Gasteiger partial charge >= 0.3 is 0 Å². The van der Waals surface area contributed by atoms with Crippen molar-refractivity contribution in [3.05, 3.63) is 35.6 Å². The first-order chi connectivity index (χ1) is 8.68. The van der Waals surface area contributed by atoms with Gasteiger partial charge < -0.3 is 5.32 Å². The molecule has 0 radical (unpaired) electrons. The summed E-state index contributed by atoms with van der Waals surface area (Å²) in [5, 5.41) is 12.0. The number of carbonyl (C=O) groups excluding carboxylic acids is 1. The Morgan fingerprint density at radius 3 is 2.21 bits per heavy atom. The van der Waals surface area contributed by atoms with E-state index in [1.54, 1.807) is 19.1 Å². The molecule has 0 heterocycles. The molecule has 0 bridgehead atoms. The number of hydrogen-bond donors (Lipinski definition) is 1. The lowest BCUT2D eigenvalue weighted by molar-refractivity contribution is -0.122. The van der Waals surface area contributed by atoms with E-state index < -0.39 is 5.54 Å². The number of nitriles is 1. The largest absolute Gasteiger partial charge is 0.337 e. The zero-order valence-corrected chi connectivity index (χ0v) is 11.7. The van der Waals surface area contributed by atoms with Gasteiger partial charge in [-0.25, -0.2) is 4.39 Å². The second-order valence-corrected chi connectivity index (χ2v) is 5.84. The van der Waals surface area contributed by atoms with E-state index in [4.69, 9.17) is 0 Å². The highest BCUT2D eigenvalue weighted by molar-refractivity contribution is 5.79. The molecule has 0 aliphatic rings. The molecular formula is C15H19FN2O. The Morgan fingerprint density at radius 1 is 1.26 bits per heavy atom. The number of benzene rings is 1. The van der Waals surface area contributed by atoms with Crippen molar-refractivity contribution in [3.63, 3.8) is 0 Å². The van der Waals surface area contributed by atoms with Crippen LogP contribution in [0.5, 0.6) is 0 Å². The molecule has 1 aromatic rings. The number of nitrogens with zero attached hydrogens (tertiary/aromatic N) is 1. The summed E-state index contributed by atoms with van der Waals surface area (Å²) in [6, 6.07) is 7.91. The fourth-order valence-corrected chi connectivity index (χ4v) is 1.49. The van der Waals surface area contributed by atoms with Crippen LogP contribution in [0.3, 0.4) is 0 Å². The summed E-state index contributed by atoms with van der Waals surface area (Å²) in [6.07, 6.45) is 0.133. The molecule has 0 spiro atoms. The maximum Gasteiger partial charge on any atom is 0.225 e. The van der Waals surface area contributed by atoms with Crippen molar-refractivity contribution < 1.29 is 9.18 Å². The van der Waals surface area contributed by atoms with Gasteiger partial charge in [0, 0.05) is 0 Å². The van der Waals surface area contributed by atoms with Gasteiger partial charge in [0.05, 0.1) is 12.5 Å². The average Bonchev–Trinajstić information content (AvgIpc) is 2.30. The molecule has 0 aliphatic carbocycles. The molecule has 1 amide bonds. The Balaban J connectivity index is 2.75. The third kappa shape index (κ3) is 3.78. The van der Waals surface area contributed by atoms with Crippen LogP contribution in [0.2, 0.25) is 0 Å². The van der Waals surface area contributed by atoms with E-state index in [-0.39, 0.29) is 23.6 Å². The van der Waals surface area contributed by atoms with Crippen LogP contribution in [-0.4, -0.2) is 11.4 Å². The fourth-order valence-electron chi connectivity index (χ4n) is 1.49. The molecule has 3 nitrogen and oxygen atoms in total. The third-order valence-electron chi connectivity index (χ3n) is 3.39. The van der Waals surface area contributed by atoms with E-state index in [1.165, 1.54) is 12.1 Å². The lowest BCUT2D eigenvalue weighted by Crippen LogP contribution is -2.54. The number of rotatable bonds is 3. The van der Waals surface area contributed by atoms with Gasteiger partial charge in [-0.3, -0.25) is 4.79 Å². The SMILES string of the molecule is CC(C)(C)[C@](C)(C#N)NC(=O)Cc1ccc(F)cc1. The summed E-state index contributed by atoms with van der Waals surface area (Å²) in [7, 11) is 0. The zero-order valence-electron chi connectivity index (χ0n) is 11.7. The van der Waals surface area contributed by atoms with Gasteiger partial charge in [-0.15, -0.1) is 0 Å². The Kier molecular flexibility index (Phi) is 4.31. The Hall–Kier alpha value is -1.89. The lowest BCUT2D eigenvalue weighted by Gasteiger charge is -2.36.